The Hall–Kier alpha value is -4.08. The van der Waals surface area contributed by atoms with E-state index in [0.717, 1.165) is 48.8 Å². The van der Waals surface area contributed by atoms with Gasteiger partial charge < -0.3 is 30.4 Å². The van der Waals surface area contributed by atoms with Crippen LogP contribution < -0.4 is 15.5 Å². The van der Waals surface area contributed by atoms with Gasteiger partial charge in [0, 0.05) is 31.2 Å². The molecular weight excluding hydrogens is 570 g/mol. The summed E-state index contributed by atoms with van der Waals surface area (Å²) in [5, 5.41) is 15.4. The number of carboxylic acid groups (broad SMARTS) is 1. The molecule has 4 saturated carbocycles. The molecule has 2 aliphatic heterocycles. The maximum Gasteiger partial charge on any atom is 0.328 e. The highest BCUT2D eigenvalue weighted by Gasteiger charge is 2.54. The monoisotopic (exact) mass is 613 g/mol. The third kappa shape index (κ3) is 5.64. The molecule has 4 bridgehead atoms. The third-order valence-electron chi connectivity index (χ3n) is 11.3. The number of urea groups is 1. The fraction of sp³-hybridized carbons (Fsp3) is 0.543. The first-order valence-electron chi connectivity index (χ1n) is 16.5. The second kappa shape index (κ2) is 12.0. The van der Waals surface area contributed by atoms with E-state index in [0.29, 0.717) is 51.0 Å². The second-order valence-corrected chi connectivity index (χ2v) is 14.0. The highest BCUT2D eigenvalue weighted by Crippen LogP contribution is 2.56. The van der Waals surface area contributed by atoms with Gasteiger partial charge in [0.05, 0.1) is 13.2 Å². The molecule has 8 rings (SSSR count). The number of piperidine rings is 1. The van der Waals surface area contributed by atoms with E-state index in [1.165, 1.54) is 6.42 Å². The SMILES string of the molecule is O=C(O)C(CNC(=O)N1CCC2(CC1)C(=O)N(Cc1ccccc1)CN2c1ccccc1)NC(=O)C1C2CC3CC(C2)CC1C3. The van der Waals surface area contributed by atoms with E-state index in [-0.39, 0.29) is 30.3 Å². The van der Waals surface area contributed by atoms with Gasteiger partial charge in [-0.05, 0) is 86.3 Å². The van der Waals surface area contributed by atoms with Crippen molar-refractivity contribution >= 4 is 29.5 Å². The molecule has 2 aromatic rings. The summed E-state index contributed by atoms with van der Waals surface area (Å²) in [5.74, 6) is 0.763. The van der Waals surface area contributed by atoms with Crippen molar-refractivity contribution in [1.82, 2.24) is 20.4 Å². The summed E-state index contributed by atoms with van der Waals surface area (Å²) in [5.41, 5.74) is 1.28. The topological polar surface area (TPSA) is 122 Å². The van der Waals surface area contributed by atoms with Crippen LogP contribution in [0.5, 0.6) is 0 Å². The number of anilines is 1. The summed E-state index contributed by atoms with van der Waals surface area (Å²) in [6.07, 6.45) is 6.51. The molecule has 238 valence electrons. The minimum atomic E-state index is -1.19. The third-order valence-corrected chi connectivity index (χ3v) is 11.3. The van der Waals surface area contributed by atoms with Gasteiger partial charge in [-0.3, -0.25) is 9.59 Å². The zero-order valence-corrected chi connectivity index (χ0v) is 25.6. The van der Waals surface area contributed by atoms with Crippen molar-refractivity contribution in [2.24, 2.45) is 29.6 Å². The number of hydrogen-bond donors (Lipinski definition) is 3. The minimum absolute atomic E-state index is 0.0636. The van der Waals surface area contributed by atoms with Crippen LogP contribution in [0.4, 0.5) is 10.5 Å². The Morgan fingerprint density at radius 3 is 2.07 bits per heavy atom. The predicted molar refractivity (Wildman–Crippen MR) is 168 cm³/mol. The number of nitrogens with one attached hydrogen (secondary N) is 2. The fourth-order valence-corrected chi connectivity index (χ4v) is 9.33. The summed E-state index contributed by atoms with van der Waals surface area (Å²) in [7, 11) is 0. The van der Waals surface area contributed by atoms with Crippen LogP contribution in [-0.2, 0) is 20.9 Å². The van der Waals surface area contributed by atoms with Gasteiger partial charge in [0.15, 0.2) is 0 Å². The van der Waals surface area contributed by atoms with Crippen molar-refractivity contribution in [3.63, 3.8) is 0 Å². The minimum Gasteiger partial charge on any atom is -0.480 e. The van der Waals surface area contributed by atoms with Crippen LogP contribution in [0.3, 0.4) is 0 Å². The molecule has 1 unspecified atom stereocenters. The van der Waals surface area contributed by atoms with Gasteiger partial charge in [0.1, 0.15) is 11.6 Å². The molecule has 3 N–H and O–H groups in total. The summed E-state index contributed by atoms with van der Waals surface area (Å²) in [4.78, 5) is 58.4. The number of rotatable bonds is 8. The molecule has 4 aliphatic carbocycles. The lowest BCUT2D eigenvalue weighted by molar-refractivity contribution is -0.146. The van der Waals surface area contributed by atoms with Crippen LogP contribution in [-0.4, -0.2) is 76.6 Å². The molecule has 45 heavy (non-hydrogen) atoms. The van der Waals surface area contributed by atoms with Gasteiger partial charge >= 0.3 is 12.0 Å². The molecule has 2 aromatic carbocycles. The number of amides is 4. The molecule has 1 atom stereocenters. The number of benzene rings is 2. The summed E-state index contributed by atoms with van der Waals surface area (Å²) in [6, 6.07) is 18.3. The van der Waals surface area contributed by atoms with Gasteiger partial charge in [0.25, 0.3) is 0 Å². The van der Waals surface area contributed by atoms with Gasteiger partial charge in [-0.25, -0.2) is 9.59 Å². The standard InChI is InChI=1S/C35H43N5O5/c41-31(30-26-16-24-15-25(18-26)19-27(30)17-24)37-29(32(42)43)20-36-34(45)38-13-11-35(12-14-38)33(44)39(21-23-7-3-1-4-8-23)22-40(35)28-9-5-2-6-10-28/h1-10,24-27,29-30H,11-22H2,(H,36,45)(H,37,41)(H,42,43). The number of carbonyl (C=O) groups is 4. The fourth-order valence-electron chi connectivity index (χ4n) is 9.33. The first-order chi connectivity index (χ1) is 21.8. The van der Waals surface area contributed by atoms with Crippen molar-refractivity contribution in [2.75, 3.05) is 31.2 Å². The number of hydrogen-bond acceptors (Lipinski definition) is 5. The number of para-hydroxylation sites is 1. The quantitative estimate of drug-likeness (QED) is 0.418. The maximum atomic E-state index is 14.0. The molecule has 10 heteroatoms. The molecule has 10 nitrogen and oxygen atoms in total. The highest BCUT2D eigenvalue weighted by atomic mass is 16.4. The molecule has 4 amide bonds. The van der Waals surface area contributed by atoms with E-state index in [4.69, 9.17) is 0 Å². The number of carbonyl (C=O) groups excluding carboxylic acids is 3. The predicted octanol–water partition coefficient (Wildman–Crippen LogP) is 3.68. The van der Waals surface area contributed by atoms with Crippen LogP contribution in [0, 0.1) is 29.6 Å². The van der Waals surface area contributed by atoms with Crippen molar-refractivity contribution in [2.45, 2.75) is 63.1 Å². The van der Waals surface area contributed by atoms with Gasteiger partial charge in [0.2, 0.25) is 11.8 Å². The van der Waals surface area contributed by atoms with Gasteiger partial charge in [-0.2, -0.15) is 0 Å². The molecule has 2 saturated heterocycles. The Morgan fingerprint density at radius 2 is 1.47 bits per heavy atom. The Balaban J connectivity index is 0.974. The highest BCUT2D eigenvalue weighted by molar-refractivity contribution is 5.94. The lowest BCUT2D eigenvalue weighted by Gasteiger charge is -2.53. The molecule has 6 aliphatic rings. The van der Waals surface area contributed by atoms with Crippen LogP contribution in [0.25, 0.3) is 0 Å². The lowest BCUT2D eigenvalue weighted by atomic mass is 9.51. The van der Waals surface area contributed by atoms with E-state index < -0.39 is 17.6 Å². The first-order valence-corrected chi connectivity index (χ1v) is 16.5. The first kappa shape index (κ1) is 29.6. The van der Waals surface area contributed by atoms with Crippen LogP contribution in [0.2, 0.25) is 0 Å². The van der Waals surface area contributed by atoms with Crippen molar-refractivity contribution in [3.8, 4) is 0 Å². The van der Waals surface area contributed by atoms with Crippen molar-refractivity contribution in [3.05, 3.63) is 66.2 Å². The summed E-state index contributed by atoms with van der Waals surface area (Å²) < 4.78 is 0. The Bertz CT molecular complexity index is 1400. The van der Waals surface area contributed by atoms with Crippen molar-refractivity contribution < 1.29 is 24.3 Å². The molecule has 1 spiro atoms. The molecule has 2 heterocycles. The van der Waals surface area contributed by atoms with Gasteiger partial charge in [-0.15, -0.1) is 0 Å². The van der Waals surface area contributed by atoms with Gasteiger partial charge in [-0.1, -0.05) is 48.5 Å². The summed E-state index contributed by atoms with van der Waals surface area (Å²) in [6.45, 7) is 1.51. The number of likely N-dealkylation sites (tertiary alicyclic amines) is 1. The van der Waals surface area contributed by atoms with E-state index in [9.17, 15) is 24.3 Å². The Labute approximate surface area is 264 Å². The van der Waals surface area contributed by atoms with E-state index in [1.54, 1.807) is 4.90 Å². The molecule has 6 fully saturated rings. The molecular formula is C35H43N5O5. The van der Waals surface area contributed by atoms with Crippen LogP contribution in [0.1, 0.15) is 50.5 Å². The van der Waals surface area contributed by atoms with E-state index in [1.807, 2.05) is 65.6 Å². The van der Waals surface area contributed by atoms with Crippen molar-refractivity contribution in [1.29, 1.82) is 0 Å². The molecule has 0 radical (unpaired) electrons. The largest absolute Gasteiger partial charge is 0.480 e. The maximum absolute atomic E-state index is 14.0. The lowest BCUT2D eigenvalue weighted by Crippen LogP contribution is -2.59. The van der Waals surface area contributed by atoms with E-state index >= 15 is 0 Å². The van der Waals surface area contributed by atoms with E-state index in [2.05, 4.69) is 15.5 Å². The summed E-state index contributed by atoms with van der Waals surface area (Å²) >= 11 is 0. The van der Waals surface area contributed by atoms with Crippen LogP contribution in [0.15, 0.2) is 60.7 Å². The normalized spacial score (nSPS) is 28.8. The smallest absolute Gasteiger partial charge is 0.328 e. The average molecular weight is 614 g/mol. The average Bonchev–Trinajstić information content (AvgIpc) is 3.29. The Morgan fingerprint density at radius 1 is 0.867 bits per heavy atom. The number of aliphatic carboxylic acids is 1. The molecule has 0 aromatic heterocycles. The second-order valence-electron chi connectivity index (χ2n) is 14.0. The number of carboxylic acids is 1. The zero-order valence-electron chi connectivity index (χ0n) is 25.6. The van der Waals surface area contributed by atoms with Crippen LogP contribution >= 0.6 is 0 Å². The number of nitrogens with zero attached hydrogens (tertiary/aromatic N) is 3. The zero-order chi connectivity index (χ0) is 31.1. The Kier molecular flexibility index (Phi) is 7.91.